The number of carbonyl (C=O) groups is 5. The number of benzene rings is 2. The Morgan fingerprint density at radius 3 is 2.44 bits per heavy atom. The highest BCUT2D eigenvalue weighted by atomic mass is 16.6. The van der Waals surface area contributed by atoms with Gasteiger partial charge in [0.05, 0.1) is 6.42 Å². The average molecular weight is 492 g/mol. The van der Waals surface area contributed by atoms with Crippen LogP contribution >= 0.6 is 0 Å². The number of rotatable bonds is 7. The molecule has 36 heavy (non-hydrogen) atoms. The predicted molar refractivity (Wildman–Crippen MR) is 126 cm³/mol. The minimum atomic E-state index is -0.943. The number of esters is 1. The molecule has 3 amide bonds. The first-order chi connectivity index (χ1) is 17.3. The fraction of sp³-hybridized carbons (Fsp3) is 0.269. The van der Waals surface area contributed by atoms with Crippen molar-refractivity contribution in [3.05, 3.63) is 83.4 Å². The molecule has 0 aromatic heterocycles. The Balaban J connectivity index is 1.41. The van der Waals surface area contributed by atoms with Gasteiger partial charge < -0.3 is 15.0 Å². The summed E-state index contributed by atoms with van der Waals surface area (Å²) in [6.07, 6.45) is 3.51. The minimum Gasteiger partial charge on any atom is -0.463 e. The van der Waals surface area contributed by atoms with Crippen LogP contribution in [0.4, 0.5) is 0 Å². The van der Waals surface area contributed by atoms with Gasteiger partial charge in [0, 0.05) is 23.2 Å². The van der Waals surface area contributed by atoms with E-state index in [9.17, 15) is 29.2 Å². The van der Waals surface area contributed by atoms with Crippen LogP contribution in [0, 0.1) is 0 Å². The van der Waals surface area contributed by atoms with Crippen LogP contribution in [-0.2, 0) is 19.1 Å². The summed E-state index contributed by atoms with van der Waals surface area (Å²) >= 11 is 0. The van der Waals surface area contributed by atoms with Crippen LogP contribution in [0.2, 0.25) is 0 Å². The van der Waals surface area contributed by atoms with E-state index in [-0.39, 0.29) is 37.3 Å². The fourth-order valence-corrected chi connectivity index (χ4v) is 4.00. The van der Waals surface area contributed by atoms with Crippen molar-refractivity contribution in [2.45, 2.75) is 24.9 Å². The largest absolute Gasteiger partial charge is 0.463 e. The topological polar surface area (TPSA) is 133 Å². The van der Waals surface area contributed by atoms with E-state index in [1.54, 1.807) is 60.7 Å². The molecular weight excluding hydrogens is 466 g/mol. The maximum atomic E-state index is 13.1. The maximum Gasteiger partial charge on any atom is 0.308 e. The van der Waals surface area contributed by atoms with Gasteiger partial charge in [-0.15, -0.1) is 0 Å². The molecule has 1 fully saturated rings. The van der Waals surface area contributed by atoms with Crippen LogP contribution in [0.1, 0.15) is 39.1 Å². The summed E-state index contributed by atoms with van der Waals surface area (Å²) in [5, 5.41) is 13.2. The SMILES string of the molecule is O=C1CC(N(O)C(=O)CN2CC=CCC(NC(=O)c3cccc(C(=O)c4ccccc4)c3)C2=O)CO1. The van der Waals surface area contributed by atoms with E-state index in [0.717, 1.165) is 0 Å². The predicted octanol–water partition coefficient (Wildman–Crippen LogP) is 1.34. The highest BCUT2D eigenvalue weighted by Gasteiger charge is 2.34. The lowest BCUT2D eigenvalue weighted by Gasteiger charge is -2.27. The quantitative estimate of drug-likeness (QED) is 0.196. The summed E-state index contributed by atoms with van der Waals surface area (Å²) in [7, 11) is 0. The molecule has 2 aromatic carbocycles. The number of hydrogen-bond acceptors (Lipinski definition) is 7. The average Bonchev–Trinajstić information content (AvgIpc) is 3.27. The second-order valence-corrected chi connectivity index (χ2v) is 8.51. The minimum absolute atomic E-state index is 0.112. The molecule has 10 heteroatoms. The first-order valence-corrected chi connectivity index (χ1v) is 11.4. The smallest absolute Gasteiger partial charge is 0.308 e. The number of ether oxygens (including phenoxy) is 1. The van der Waals surface area contributed by atoms with Gasteiger partial charge in [-0.1, -0.05) is 54.6 Å². The van der Waals surface area contributed by atoms with E-state index in [2.05, 4.69) is 5.32 Å². The third-order valence-electron chi connectivity index (χ3n) is 5.97. The first-order valence-electron chi connectivity index (χ1n) is 11.4. The molecule has 1 saturated heterocycles. The Morgan fingerprint density at radius 1 is 1.00 bits per heavy atom. The standard InChI is InChI=1S/C26H25N3O7/c30-22(29(35)20-14-23(31)36-16-20)15-28-12-5-4-11-21(26(28)34)27-25(33)19-10-6-9-18(13-19)24(32)17-7-2-1-3-8-17/h1-10,13,20-21,35H,11-12,14-16H2,(H,27,33). The van der Waals surface area contributed by atoms with Crippen molar-refractivity contribution in [3.63, 3.8) is 0 Å². The molecular formula is C26H25N3O7. The van der Waals surface area contributed by atoms with Gasteiger partial charge in [0.2, 0.25) is 5.91 Å². The zero-order chi connectivity index (χ0) is 25.7. The molecule has 2 N–H and O–H groups in total. The molecule has 2 unspecified atom stereocenters. The summed E-state index contributed by atoms with van der Waals surface area (Å²) in [5.41, 5.74) is 1.05. The van der Waals surface area contributed by atoms with Crippen LogP contribution in [-0.4, -0.2) is 76.4 Å². The van der Waals surface area contributed by atoms with Gasteiger partial charge in [-0.25, -0.2) is 5.06 Å². The second kappa shape index (κ2) is 11.0. The fourth-order valence-electron chi connectivity index (χ4n) is 4.00. The van der Waals surface area contributed by atoms with Gasteiger partial charge in [-0.3, -0.25) is 29.2 Å². The lowest BCUT2D eigenvalue weighted by atomic mass is 10.0. The van der Waals surface area contributed by atoms with E-state index in [1.165, 1.54) is 11.0 Å². The molecule has 2 heterocycles. The van der Waals surface area contributed by atoms with Crippen molar-refractivity contribution in [3.8, 4) is 0 Å². The maximum absolute atomic E-state index is 13.1. The van der Waals surface area contributed by atoms with Gasteiger partial charge in [-0.05, 0) is 18.6 Å². The van der Waals surface area contributed by atoms with E-state index >= 15 is 0 Å². The van der Waals surface area contributed by atoms with E-state index < -0.39 is 42.3 Å². The van der Waals surface area contributed by atoms with Crippen molar-refractivity contribution in [2.24, 2.45) is 0 Å². The normalized spacial score (nSPS) is 19.4. The van der Waals surface area contributed by atoms with Gasteiger partial charge in [0.15, 0.2) is 5.78 Å². The summed E-state index contributed by atoms with van der Waals surface area (Å²) in [6, 6.07) is 13.2. The molecule has 0 bridgehead atoms. The van der Waals surface area contributed by atoms with Crippen LogP contribution in [0.15, 0.2) is 66.7 Å². The Hall–Kier alpha value is -4.31. The van der Waals surface area contributed by atoms with Crippen LogP contribution in [0.5, 0.6) is 0 Å². The lowest BCUT2D eigenvalue weighted by molar-refractivity contribution is -0.177. The van der Waals surface area contributed by atoms with Gasteiger partial charge in [0.1, 0.15) is 25.2 Å². The zero-order valence-electron chi connectivity index (χ0n) is 19.3. The molecule has 0 spiro atoms. The first kappa shape index (κ1) is 24.8. The summed E-state index contributed by atoms with van der Waals surface area (Å²) in [6.45, 7) is -0.427. The van der Waals surface area contributed by atoms with Crippen molar-refractivity contribution >= 4 is 29.5 Å². The highest BCUT2D eigenvalue weighted by Crippen LogP contribution is 2.15. The Bertz CT molecular complexity index is 1210. The molecule has 2 aromatic rings. The molecule has 10 nitrogen and oxygen atoms in total. The number of hydrogen-bond donors (Lipinski definition) is 2. The lowest BCUT2D eigenvalue weighted by Crippen LogP contribution is -2.51. The Labute approximate surface area is 207 Å². The van der Waals surface area contributed by atoms with E-state index in [0.29, 0.717) is 16.2 Å². The van der Waals surface area contributed by atoms with Crippen molar-refractivity contribution in [1.82, 2.24) is 15.3 Å². The van der Waals surface area contributed by atoms with Crippen molar-refractivity contribution in [2.75, 3.05) is 19.7 Å². The zero-order valence-corrected chi connectivity index (χ0v) is 19.3. The summed E-state index contributed by atoms with van der Waals surface area (Å²) in [4.78, 5) is 63.7. The number of ketones is 1. The number of cyclic esters (lactones) is 1. The third-order valence-corrected chi connectivity index (χ3v) is 5.97. The molecule has 0 radical (unpaired) electrons. The summed E-state index contributed by atoms with van der Waals surface area (Å²) < 4.78 is 4.77. The number of hydroxylamine groups is 2. The number of amides is 3. The Morgan fingerprint density at radius 2 is 1.72 bits per heavy atom. The molecule has 4 rings (SSSR count). The number of nitrogens with one attached hydrogen (secondary N) is 1. The van der Waals surface area contributed by atoms with E-state index in [1.807, 2.05) is 0 Å². The molecule has 2 aliphatic heterocycles. The Kier molecular flexibility index (Phi) is 7.55. The van der Waals surface area contributed by atoms with Gasteiger partial charge in [-0.2, -0.15) is 0 Å². The monoisotopic (exact) mass is 491 g/mol. The molecule has 2 atom stereocenters. The second-order valence-electron chi connectivity index (χ2n) is 8.51. The number of nitrogens with zero attached hydrogens (tertiary/aromatic N) is 2. The third kappa shape index (κ3) is 5.66. The highest BCUT2D eigenvalue weighted by molar-refractivity contribution is 6.10. The number of carbonyl (C=O) groups excluding carboxylic acids is 5. The van der Waals surface area contributed by atoms with Crippen LogP contribution < -0.4 is 5.32 Å². The van der Waals surface area contributed by atoms with E-state index in [4.69, 9.17) is 4.74 Å². The summed E-state index contributed by atoms with van der Waals surface area (Å²) in [5.74, 6) is -2.54. The molecule has 186 valence electrons. The van der Waals surface area contributed by atoms with Crippen LogP contribution in [0.25, 0.3) is 0 Å². The van der Waals surface area contributed by atoms with Crippen molar-refractivity contribution < 1.29 is 33.9 Å². The van der Waals surface area contributed by atoms with Crippen LogP contribution in [0.3, 0.4) is 0 Å². The van der Waals surface area contributed by atoms with Gasteiger partial charge in [0.25, 0.3) is 11.8 Å². The molecule has 2 aliphatic rings. The molecule has 0 saturated carbocycles. The van der Waals surface area contributed by atoms with Gasteiger partial charge >= 0.3 is 5.97 Å². The van der Waals surface area contributed by atoms with Crippen molar-refractivity contribution in [1.29, 1.82) is 0 Å². The molecule has 0 aliphatic carbocycles.